The van der Waals surface area contributed by atoms with E-state index in [4.69, 9.17) is 0 Å². The number of amides is 1. The van der Waals surface area contributed by atoms with Gasteiger partial charge in [-0.15, -0.1) is 0 Å². The molecule has 0 radical (unpaired) electrons. The molecule has 0 saturated carbocycles. The van der Waals surface area contributed by atoms with Crippen molar-refractivity contribution in [3.05, 3.63) is 90.2 Å². The molecule has 39 heavy (non-hydrogen) atoms. The highest BCUT2D eigenvalue weighted by Gasteiger charge is 2.31. The molecule has 6 rings (SSSR count). The number of hydrogen-bond acceptors (Lipinski definition) is 5. The highest BCUT2D eigenvalue weighted by atomic mass is 19.1. The van der Waals surface area contributed by atoms with Gasteiger partial charge in [-0.3, -0.25) is 4.79 Å². The van der Waals surface area contributed by atoms with E-state index in [2.05, 4.69) is 62.5 Å². The van der Waals surface area contributed by atoms with Gasteiger partial charge in [-0.05, 0) is 67.8 Å². The largest absolute Gasteiger partial charge is 0.369 e. The summed E-state index contributed by atoms with van der Waals surface area (Å²) in [5.41, 5.74) is 4.57. The molecule has 1 atom stereocenters. The number of anilines is 3. The summed E-state index contributed by atoms with van der Waals surface area (Å²) < 4.78 is 13.6. The Balaban J connectivity index is 0.000000214. The van der Waals surface area contributed by atoms with Gasteiger partial charge in [-0.2, -0.15) is 0 Å². The van der Waals surface area contributed by atoms with Crippen molar-refractivity contribution in [1.29, 1.82) is 0 Å². The van der Waals surface area contributed by atoms with Crippen molar-refractivity contribution in [3.8, 4) is 0 Å². The molecule has 0 spiro atoms. The third kappa shape index (κ3) is 6.71. The molecule has 6 nitrogen and oxygen atoms in total. The Labute approximate surface area is 232 Å². The minimum Gasteiger partial charge on any atom is -0.369 e. The SMILES string of the molecule is C[C@H](C(=O)N1CCN(c2ccccc2)CC1)N1CCCc2cc(F)ccc21.c1ccc(N2CCNCC2)cc1. The first-order valence-corrected chi connectivity index (χ1v) is 14.2. The van der Waals surface area contributed by atoms with Crippen LogP contribution in [0.1, 0.15) is 18.9 Å². The van der Waals surface area contributed by atoms with Gasteiger partial charge in [0, 0.05) is 76.0 Å². The predicted octanol–water partition coefficient (Wildman–Crippen LogP) is 4.41. The van der Waals surface area contributed by atoms with Crippen molar-refractivity contribution in [2.45, 2.75) is 25.8 Å². The van der Waals surface area contributed by atoms with Crippen LogP contribution in [0.2, 0.25) is 0 Å². The summed E-state index contributed by atoms with van der Waals surface area (Å²) in [6, 6.07) is 25.6. The fraction of sp³-hybridized carbons (Fsp3) is 0.406. The molecule has 3 aromatic rings. The zero-order valence-corrected chi connectivity index (χ0v) is 22.9. The normalized spacial score (nSPS) is 18.1. The van der Waals surface area contributed by atoms with E-state index in [1.165, 1.54) is 17.4 Å². The Bertz CT molecular complexity index is 1190. The number of benzene rings is 3. The highest BCUT2D eigenvalue weighted by Crippen LogP contribution is 2.30. The van der Waals surface area contributed by atoms with E-state index in [1.54, 1.807) is 6.07 Å². The number of para-hydroxylation sites is 2. The van der Waals surface area contributed by atoms with E-state index in [0.717, 1.165) is 83.0 Å². The lowest BCUT2D eigenvalue weighted by molar-refractivity contribution is -0.132. The van der Waals surface area contributed by atoms with Gasteiger partial charge in [0.2, 0.25) is 5.91 Å². The molecular formula is C32H40FN5O. The summed E-state index contributed by atoms with van der Waals surface area (Å²) in [5, 5.41) is 3.34. The van der Waals surface area contributed by atoms with Gasteiger partial charge >= 0.3 is 0 Å². The van der Waals surface area contributed by atoms with Crippen LogP contribution in [0, 0.1) is 5.82 Å². The lowest BCUT2D eigenvalue weighted by atomic mass is 9.99. The average Bonchev–Trinajstić information content (AvgIpc) is 3.01. The number of carbonyl (C=O) groups excluding carboxylic acids is 1. The topological polar surface area (TPSA) is 42.1 Å². The summed E-state index contributed by atoms with van der Waals surface area (Å²) >= 11 is 0. The lowest BCUT2D eigenvalue weighted by Crippen LogP contribution is -2.55. The predicted molar refractivity (Wildman–Crippen MR) is 158 cm³/mol. The fourth-order valence-corrected chi connectivity index (χ4v) is 5.78. The minimum atomic E-state index is -0.224. The van der Waals surface area contributed by atoms with Crippen LogP contribution >= 0.6 is 0 Å². The molecule has 3 aliphatic heterocycles. The number of halogens is 1. The smallest absolute Gasteiger partial charge is 0.245 e. The number of nitrogens with zero attached hydrogens (tertiary/aromatic N) is 4. The van der Waals surface area contributed by atoms with E-state index < -0.39 is 0 Å². The number of hydrogen-bond donors (Lipinski definition) is 1. The zero-order valence-electron chi connectivity index (χ0n) is 22.9. The van der Waals surface area contributed by atoms with Gasteiger partial charge in [-0.25, -0.2) is 4.39 Å². The Hall–Kier alpha value is -3.58. The maximum atomic E-state index is 13.6. The number of rotatable bonds is 4. The molecule has 3 aromatic carbocycles. The Morgan fingerprint density at radius 2 is 1.36 bits per heavy atom. The highest BCUT2D eigenvalue weighted by molar-refractivity contribution is 5.85. The molecule has 0 aromatic heterocycles. The number of piperazine rings is 2. The van der Waals surface area contributed by atoms with E-state index in [9.17, 15) is 9.18 Å². The molecule has 206 valence electrons. The van der Waals surface area contributed by atoms with Crippen molar-refractivity contribution >= 4 is 23.0 Å². The van der Waals surface area contributed by atoms with Crippen LogP contribution in [0.4, 0.5) is 21.5 Å². The van der Waals surface area contributed by atoms with Crippen molar-refractivity contribution in [1.82, 2.24) is 10.2 Å². The molecule has 0 aliphatic carbocycles. The molecule has 0 bridgehead atoms. The van der Waals surface area contributed by atoms with E-state index in [1.807, 2.05) is 36.1 Å². The van der Waals surface area contributed by atoms with Crippen LogP contribution in [0.25, 0.3) is 0 Å². The number of nitrogens with one attached hydrogen (secondary N) is 1. The van der Waals surface area contributed by atoms with Crippen molar-refractivity contribution < 1.29 is 9.18 Å². The summed E-state index contributed by atoms with van der Waals surface area (Å²) in [6.45, 7) is 10.5. The van der Waals surface area contributed by atoms with Gasteiger partial charge in [0.1, 0.15) is 11.9 Å². The second-order valence-electron chi connectivity index (χ2n) is 10.5. The third-order valence-corrected chi connectivity index (χ3v) is 7.97. The molecule has 1 N–H and O–H groups in total. The monoisotopic (exact) mass is 529 g/mol. The first-order valence-electron chi connectivity index (χ1n) is 14.2. The third-order valence-electron chi connectivity index (χ3n) is 7.97. The average molecular weight is 530 g/mol. The van der Waals surface area contributed by atoms with E-state index in [-0.39, 0.29) is 17.8 Å². The second kappa shape index (κ2) is 13.0. The van der Waals surface area contributed by atoms with Crippen LogP contribution in [0.15, 0.2) is 78.9 Å². The first-order chi connectivity index (χ1) is 19.1. The molecule has 3 heterocycles. The summed E-state index contributed by atoms with van der Waals surface area (Å²) in [6.07, 6.45) is 1.83. The summed E-state index contributed by atoms with van der Waals surface area (Å²) in [4.78, 5) is 22.0. The minimum absolute atomic E-state index is 0.167. The van der Waals surface area contributed by atoms with Gasteiger partial charge in [0.05, 0.1) is 0 Å². The lowest BCUT2D eigenvalue weighted by Gasteiger charge is -2.41. The molecule has 1 amide bonds. The maximum absolute atomic E-state index is 13.6. The molecular weight excluding hydrogens is 489 g/mol. The molecule has 2 fully saturated rings. The second-order valence-corrected chi connectivity index (χ2v) is 10.5. The van der Waals surface area contributed by atoms with Crippen molar-refractivity contribution in [2.75, 3.05) is 73.6 Å². The molecule has 7 heteroatoms. The standard InChI is InChI=1S/C22H26FN3O.C10H14N2/c1-17(26-11-5-6-18-16-19(23)9-10-21(18)26)22(27)25-14-12-24(13-15-25)20-7-3-2-4-8-20;1-2-4-10(5-3-1)12-8-6-11-7-9-12/h2-4,7-10,16-17H,5-6,11-15H2,1H3;1-5,11H,6-9H2/t17-;/m1./s1. The van der Waals surface area contributed by atoms with Crippen LogP contribution in [0.3, 0.4) is 0 Å². The molecule has 3 aliphatic rings. The Morgan fingerprint density at radius 1 is 0.769 bits per heavy atom. The zero-order chi connectivity index (χ0) is 27.0. The van der Waals surface area contributed by atoms with Gasteiger partial charge < -0.3 is 24.9 Å². The number of aryl methyl sites for hydroxylation is 1. The first kappa shape index (κ1) is 27.0. The van der Waals surface area contributed by atoms with Gasteiger partial charge in [0.15, 0.2) is 0 Å². The van der Waals surface area contributed by atoms with E-state index in [0.29, 0.717) is 0 Å². The summed E-state index contributed by atoms with van der Waals surface area (Å²) in [5.74, 6) is -0.0356. The van der Waals surface area contributed by atoms with Crippen molar-refractivity contribution in [3.63, 3.8) is 0 Å². The number of fused-ring (bicyclic) bond motifs is 1. The quantitative estimate of drug-likeness (QED) is 0.542. The molecule has 2 saturated heterocycles. The fourth-order valence-electron chi connectivity index (χ4n) is 5.78. The van der Waals surface area contributed by atoms with Crippen molar-refractivity contribution in [2.24, 2.45) is 0 Å². The summed E-state index contributed by atoms with van der Waals surface area (Å²) in [7, 11) is 0. The number of carbonyl (C=O) groups is 1. The van der Waals surface area contributed by atoms with Crippen LogP contribution < -0.4 is 20.0 Å². The van der Waals surface area contributed by atoms with Crippen LogP contribution in [0.5, 0.6) is 0 Å². The Kier molecular flexibility index (Phi) is 8.99. The van der Waals surface area contributed by atoms with Gasteiger partial charge in [-0.1, -0.05) is 36.4 Å². The maximum Gasteiger partial charge on any atom is 0.245 e. The molecule has 0 unspecified atom stereocenters. The van der Waals surface area contributed by atoms with Gasteiger partial charge in [0.25, 0.3) is 0 Å². The van der Waals surface area contributed by atoms with Crippen LogP contribution in [-0.2, 0) is 11.2 Å². The Morgan fingerprint density at radius 3 is 1.97 bits per heavy atom. The van der Waals surface area contributed by atoms with E-state index >= 15 is 0 Å². The van der Waals surface area contributed by atoms with Crippen LogP contribution in [-0.4, -0.2) is 75.8 Å².